The monoisotopic (exact) mass is 328 g/mol. The Morgan fingerprint density at radius 2 is 1.83 bits per heavy atom. The van der Waals surface area contributed by atoms with Crippen LogP contribution in [0.2, 0.25) is 0 Å². The van der Waals surface area contributed by atoms with Gasteiger partial charge in [0, 0.05) is 25.7 Å². The molecule has 0 spiro atoms. The van der Waals surface area contributed by atoms with E-state index in [2.05, 4.69) is 15.4 Å². The number of esters is 2. The van der Waals surface area contributed by atoms with E-state index in [-0.39, 0.29) is 5.57 Å². The van der Waals surface area contributed by atoms with Crippen molar-refractivity contribution in [1.82, 2.24) is 14.8 Å². The van der Waals surface area contributed by atoms with E-state index < -0.39 is 17.7 Å². The zero-order chi connectivity index (χ0) is 17.2. The van der Waals surface area contributed by atoms with Gasteiger partial charge in [0.15, 0.2) is 5.57 Å². The maximum atomic E-state index is 11.8. The molecule has 1 N–H and O–H groups in total. The first-order valence-corrected chi connectivity index (χ1v) is 7.28. The number of ether oxygens (including phenoxy) is 2. The van der Waals surface area contributed by atoms with E-state index in [0.29, 0.717) is 6.54 Å². The van der Waals surface area contributed by atoms with Crippen molar-refractivity contribution in [2.45, 2.75) is 26.2 Å². The third kappa shape index (κ3) is 3.60. The summed E-state index contributed by atoms with van der Waals surface area (Å²) >= 11 is 0. The average molecular weight is 328 g/mol. The Morgan fingerprint density at radius 3 is 2.42 bits per heavy atom. The lowest BCUT2D eigenvalue weighted by atomic mass is 10.2. The van der Waals surface area contributed by atoms with E-state index in [9.17, 15) is 9.59 Å². The molecule has 0 radical (unpaired) electrons. The molecular weight excluding hydrogens is 312 g/mol. The first kappa shape index (κ1) is 15.7. The highest BCUT2D eigenvalue weighted by Crippen LogP contribution is 2.22. The molecule has 124 valence electrons. The van der Waals surface area contributed by atoms with Crippen molar-refractivity contribution in [3.8, 4) is 0 Å². The fourth-order valence-electron chi connectivity index (χ4n) is 2.14. The number of benzene rings is 1. The van der Waals surface area contributed by atoms with E-state index in [0.717, 1.165) is 11.3 Å². The van der Waals surface area contributed by atoms with Crippen molar-refractivity contribution in [2.24, 2.45) is 0 Å². The molecule has 3 rings (SSSR count). The minimum atomic E-state index is -1.24. The molecule has 1 saturated heterocycles. The number of hydrogen-bond acceptors (Lipinski definition) is 7. The summed E-state index contributed by atoms with van der Waals surface area (Å²) in [5.41, 5.74) is 1.58. The van der Waals surface area contributed by atoms with Crippen molar-refractivity contribution in [3.63, 3.8) is 0 Å². The number of aromatic nitrogens is 3. The van der Waals surface area contributed by atoms with Gasteiger partial charge in [-0.25, -0.2) is 19.3 Å². The lowest BCUT2D eigenvalue weighted by Gasteiger charge is -2.29. The summed E-state index contributed by atoms with van der Waals surface area (Å²) in [7, 11) is 0. The fourth-order valence-corrected chi connectivity index (χ4v) is 2.14. The summed E-state index contributed by atoms with van der Waals surface area (Å²) < 4.78 is 11.7. The molecule has 0 aliphatic carbocycles. The van der Waals surface area contributed by atoms with Crippen molar-refractivity contribution >= 4 is 17.6 Å². The van der Waals surface area contributed by atoms with Crippen LogP contribution in [0, 0.1) is 0 Å². The molecule has 1 aliphatic heterocycles. The number of nitrogens with zero attached hydrogens (tertiary/aromatic N) is 3. The van der Waals surface area contributed by atoms with Crippen LogP contribution >= 0.6 is 0 Å². The zero-order valence-corrected chi connectivity index (χ0v) is 13.2. The molecule has 0 bridgehead atoms. The molecule has 8 nitrogen and oxygen atoms in total. The van der Waals surface area contributed by atoms with Crippen molar-refractivity contribution in [1.29, 1.82) is 0 Å². The van der Waals surface area contributed by atoms with E-state index in [1.165, 1.54) is 26.4 Å². The highest BCUT2D eigenvalue weighted by atomic mass is 16.7. The largest absolute Gasteiger partial charge is 0.419 e. The second-order valence-electron chi connectivity index (χ2n) is 5.67. The smallest absolute Gasteiger partial charge is 0.350 e. The average Bonchev–Trinajstić information content (AvgIpc) is 3.00. The first-order valence-electron chi connectivity index (χ1n) is 7.28. The summed E-state index contributed by atoms with van der Waals surface area (Å²) in [4.78, 5) is 27.5. The second kappa shape index (κ2) is 6.15. The molecule has 1 fully saturated rings. The van der Waals surface area contributed by atoms with E-state index >= 15 is 0 Å². The molecule has 0 unspecified atom stereocenters. The Balaban J connectivity index is 1.66. The summed E-state index contributed by atoms with van der Waals surface area (Å²) in [5.74, 6) is -2.67. The van der Waals surface area contributed by atoms with Gasteiger partial charge in [0.05, 0.1) is 6.54 Å². The second-order valence-corrected chi connectivity index (χ2v) is 5.67. The third-order valence-corrected chi connectivity index (χ3v) is 3.27. The fraction of sp³-hybridized carbons (Fsp3) is 0.250. The molecule has 1 aromatic carbocycles. The quantitative estimate of drug-likeness (QED) is 0.515. The number of carbonyl (C=O) groups excluding carboxylic acids is 2. The lowest BCUT2D eigenvalue weighted by Crippen LogP contribution is -2.42. The van der Waals surface area contributed by atoms with Crippen LogP contribution in [0.25, 0.3) is 0 Å². The van der Waals surface area contributed by atoms with Crippen LogP contribution in [-0.2, 0) is 25.6 Å². The van der Waals surface area contributed by atoms with Crippen LogP contribution in [0.4, 0.5) is 5.69 Å². The van der Waals surface area contributed by atoms with Gasteiger partial charge in [0.1, 0.15) is 12.7 Å². The zero-order valence-electron chi connectivity index (χ0n) is 13.2. The first-order chi connectivity index (χ1) is 11.4. The van der Waals surface area contributed by atoms with Crippen LogP contribution in [0.15, 0.2) is 48.7 Å². The summed E-state index contributed by atoms with van der Waals surface area (Å²) in [5, 5.41) is 6.93. The molecule has 2 heterocycles. The number of anilines is 1. The molecule has 8 heteroatoms. The number of hydrogen-bond donors (Lipinski definition) is 1. The molecular formula is C16H16N4O4. The van der Waals surface area contributed by atoms with E-state index in [4.69, 9.17) is 9.47 Å². The standard InChI is InChI=1S/C16H16N4O4/c1-16(2)23-14(21)13(15(22)24-16)7-18-12-5-3-11(4-6-12)8-20-10-17-9-19-20/h3-7,9-10,18H,8H2,1-2H3. The SMILES string of the molecule is CC1(C)OC(=O)C(=CNc2ccc(Cn3cncn3)cc2)C(=O)O1. The van der Waals surface area contributed by atoms with Gasteiger partial charge < -0.3 is 14.8 Å². The van der Waals surface area contributed by atoms with Crippen molar-refractivity contribution in [3.05, 3.63) is 54.3 Å². The van der Waals surface area contributed by atoms with Crippen molar-refractivity contribution < 1.29 is 19.1 Å². The predicted molar refractivity (Wildman–Crippen MR) is 83.5 cm³/mol. The summed E-state index contributed by atoms with van der Waals surface area (Å²) in [6, 6.07) is 7.46. The number of nitrogens with one attached hydrogen (secondary N) is 1. The van der Waals surface area contributed by atoms with Gasteiger partial charge in [-0.15, -0.1) is 0 Å². The molecule has 0 amide bonds. The molecule has 1 aromatic heterocycles. The predicted octanol–water partition coefficient (Wildman–Crippen LogP) is 1.46. The van der Waals surface area contributed by atoms with E-state index in [1.807, 2.05) is 24.3 Å². The normalized spacial score (nSPS) is 16.3. The van der Waals surface area contributed by atoms with Gasteiger partial charge in [0.2, 0.25) is 0 Å². The van der Waals surface area contributed by atoms with Gasteiger partial charge in [-0.3, -0.25) is 0 Å². The molecule has 0 atom stereocenters. The Hall–Kier alpha value is -3.16. The minimum absolute atomic E-state index is 0.180. The maximum Gasteiger partial charge on any atom is 0.350 e. The van der Waals surface area contributed by atoms with Crippen LogP contribution in [0.1, 0.15) is 19.4 Å². The highest BCUT2D eigenvalue weighted by molar-refractivity contribution is 6.15. The highest BCUT2D eigenvalue weighted by Gasteiger charge is 2.38. The van der Waals surface area contributed by atoms with Crippen LogP contribution in [0.5, 0.6) is 0 Å². The van der Waals surface area contributed by atoms with Gasteiger partial charge >= 0.3 is 11.9 Å². The Morgan fingerprint density at radius 1 is 1.17 bits per heavy atom. The van der Waals surface area contributed by atoms with Gasteiger partial charge in [-0.05, 0) is 17.7 Å². The Labute approximate surface area is 138 Å². The summed E-state index contributed by atoms with van der Waals surface area (Å²) in [6.07, 6.45) is 4.40. The van der Waals surface area contributed by atoms with Gasteiger partial charge in [-0.1, -0.05) is 12.1 Å². The van der Waals surface area contributed by atoms with Crippen LogP contribution in [0.3, 0.4) is 0 Å². The third-order valence-electron chi connectivity index (χ3n) is 3.27. The minimum Gasteiger partial charge on any atom is -0.419 e. The number of carbonyl (C=O) groups is 2. The lowest BCUT2D eigenvalue weighted by molar-refractivity contribution is -0.222. The summed E-state index contributed by atoms with van der Waals surface area (Å²) in [6.45, 7) is 3.61. The molecule has 1 aliphatic rings. The molecule has 0 saturated carbocycles. The maximum absolute atomic E-state index is 11.8. The van der Waals surface area contributed by atoms with Crippen molar-refractivity contribution in [2.75, 3.05) is 5.32 Å². The van der Waals surface area contributed by atoms with Crippen LogP contribution < -0.4 is 5.32 Å². The molecule has 2 aromatic rings. The van der Waals surface area contributed by atoms with E-state index in [1.54, 1.807) is 11.0 Å². The Bertz CT molecular complexity index is 757. The Kier molecular flexibility index (Phi) is 4.03. The number of cyclic esters (lactones) is 2. The van der Waals surface area contributed by atoms with Gasteiger partial charge in [0.25, 0.3) is 5.79 Å². The topological polar surface area (TPSA) is 95.3 Å². The molecule has 24 heavy (non-hydrogen) atoms. The van der Waals surface area contributed by atoms with Gasteiger partial charge in [-0.2, -0.15) is 5.10 Å². The van der Waals surface area contributed by atoms with Crippen LogP contribution in [-0.4, -0.2) is 32.5 Å². The number of rotatable bonds is 4.